The van der Waals surface area contributed by atoms with E-state index < -0.39 is 0 Å². The molecule has 0 fully saturated rings. The largest absolute Gasteiger partial charge is 0.327 e. The molecule has 1 atom stereocenters. The van der Waals surface area contributed by atoms with Crippen LogP contribution in [0.5, 0.6) is 0 Å². The van der Waals surface area contributed by atoms with Crippen LogP contribution >= 0.6 is 23.4 Å². The summed E-state index contributed by atoms with van der Waals surface area (Å²) in [6.07, 6.45) is 1.60. The predicted molar refractivity (Wildman–Crippen MR) is 86.4 cm³/mol. The first-order chi connectivity index (χ1) is 9.61. The number of aromatic nitrogens is 2. The van der Waals surface area contributed by atoms with Gasteiger partial charge in [-0.25, -0.2) is 0 Å². The van der Waals surface area contributed by atoms with E-state index in [1.807, 2.05) is 29.9 Å². The summed E-state index contributed by atoms with van der Waals surface area (Å²) in [6, 6.07) is 10.4. The minimum absolute atomic E-state index is 0.0674. The molecule has 1 heterocycles. The van der Waals surface area contributed by atoms with E-state index in [2.05, 4.69) is 24.2 Å². The zero-order valence-corrected chi connectivity index (χ0v) is 13.4. The van der Waals surface area contributed by atoms with E-state index in [9.17, 15) is 0 Å². The molecule has 0 aliphatic carbocycles. The Kier molecular flexibility index (Phi) is 5.52. The van der Waals surface area contributed by atoms with E-state index in [-0.39, 0.29) is 6.04 Å². The summed E-state index contributed by atoms with van der Waals surface area (Å²) >= 11 is 8.12. The van der Waals surface area contributed by atoms with Gasteiger partial charge in [0, 0.05) is 30.2 Å². The lowest BCUT2D eigenvalue weighted by Crippen LogP contribution is -2.26. The van der Waals surface area contributed by atoms with Crippen molar-refractivity contribution in [3.05, 3.63) is 46.7 Å². The molecule has 2 rings (SSSR count). The van der Waals surface area contributed by atoms with Gasteiger partial charge in [-0.2, -0.15) is 5.10 Å². The normalized spacial score (nSPS) is 12.6. The fourth-order valence-corrected chi connectivity index (χ4v) is 3.31. The van der Waals surface area contributed by atoms with Crippen molar-refractivity contribution in [1.82, 2.24) is 9.78 Å². The van der Waals surface area contributed by atoms with Crippen LogP contribution in [0.1, 0.15) is 18.3 Å². The molecule has 0 saturated carbocycles. The molecule has 0 amide bonds. The van der Waals surface area contributed by atoms with Gasteiger partial charge in [-0.15, -0.1) is 11.8 Å². The number of nitrogens with two attached hydrogens (primary N) is 1. The maximum Gasteiger partial charge on any atom is 0.0850 e. The van der Waals surface area contributed by atoms with Crippen molar-refractivity contribution >= 4 is 23.4 Å². The predicted octanol–water partition coefficient (Wildman–Crippen LogP) is 3.30. The van der Waals surface area contributed by atoms with Crippen molar-refractivity contribution in [2.45, 2.75) is 30.7 Å². The quantitative estimate of drug-likeness (QED) is 0.833. The Bertz CT molecular complexity index is 554. The maximum absolute atomic E-state index is 6.35. The third kappa shape index (κ3) is 3.78. The Hall–Kier alpha value is -0.970. The van der Waals surface area contributed by atoms with Crippen molar-refractivity contribution in [3.63, 3.8) is 0 Å². The molecular formula is C15H20ClN3S. The summed E-state index contributed by atoms with van der Waals surface area (Å²) in [7, 11) is 1.93. The molecule has 2 N–H and O–H groups in total. The second-order valence-corrected chi connectivity index (χ2v) is 6.24. The highest BCUT2D eigenvalue weighted by atomic mass is 35.5. The third-order valence-electron chi connectivity index (χ3n) is 3.17. The topological polar surface area (TPSA) is 43.8 Å². The Morgan fingerprint density at radius 2 is 2.05 bits per heavy atom. The molecule has 2 aromatic rings. The van der Waals surface area contributed by atoms with Gasteiger partial charge in [0.1, 0.15) is 0 Å². The Morgan fingerprint density at radius 1 is 1.35 bits per heavy atom. The van der Waals surface area contributed by atoms with Crippen LogP contribution in [-0.4, -0.2) is 21.6 Å². The van der Waals surface area contributed by atoms with Gasteiger partial charge in [0.25, 0.3) is 0 Å². The molecule has 0 spiro atoms. The molecule has 0 radical (unpaired) electrons. The van der Waals surface area contributed by atoms with Crippen LogP contribution in [0.25, 0.3) is 0 Å². The SMILES string of the molecule is CCc1nn(C)c(CC(N)CSc2ccccc2)c1Cl. The van der Waals surface area contributed by atoms with Crippen LogP contribution in [-0.2, 0) is 19.9 Å². The number of nitrogens with zero attached hydrogens (tertiary/aromatic N) is 2. The molecule has 0 bridgehead atoms. The zero-order valence-electron chi connectivity index (χ0n) is 11.8. The summed E-state index contributed by atoms with van der Waals surface area (Å²) in [6.45, 7) is 2.06. The fraction of sp³-hybridized carbons (Fsp3) is 0.400. The first-order valence-electron chi connectivity index (χ1n) is 6.75. The van der Waals surface area contributed by atoms with E-state index in [0.29, 0.717) is 0 Å². The van der Waals surface area contributed by atoms with Crippen molar-refractivity contribution in [1.29, 1.82) is 0 Å². The molecular weight excluding hydrogens is 290 g/mol. The Labute approximate surface area is 129 Å². The van der Waals surface area contributed by atoms with E-state index >= 15 is 0 Å². The minimum Gasteiger partial charge on any atom is -0.327 e. The Balaban J connectivity index is 1.95. The molecule has 108 valence electrons. The highest BCUT2D eigenvalue weighted by Gasteiger charge is 2.16. The van der Waals surface area contributed by atoms with Gasteiger partial charge in [-0.3, -0.25) is 4.68 Å². The highest BCUT2D eigenvalue weighted by molar-refractivity contribution is 7.99. The van der Waals surface area contributed by atoms with E-state index in [4.69, 9.17) is 17.3 Å². The van der Waals surface area contributed by atoms with Crippen LogP contribution in [0.15, 0.2) is 35.2 Å². The summed E-state index contributed by atoms with van der Waals surface area (Å²) in [5.74, 6) is 0.868. The smallest absolute Gasteiger partial charge is 0.0850 e. The van der Waals surface area contributed by atoms with Gasteiger partial charge in [-0.05, 0) is 18.6 Å². The Morgan fingerprint density at radius 3 is 2.65 bits per heavy atom. The number of halogens is 1. The third-order valence-corrected chi connectivity index (χ3v) is 4.80. The summed E-state index contributed by atoms with van der Waals surface area (Å²) in [5.41, 5.74) is 8.20. The van der Waals surface area contributed by atoms with Gasteiger partial charge in [0.05, 0.1) is 16.4 Å². The van der Waals surface area contributed by atoms with Crippen LogP contribution in [0, 0.1) is 0 Å². The summed E-state index contributed by atoms with van der Waals surface area (Å²) in [5, 5.41) is 5.20. The van der Waals surface area contributed by atoms with Gasteiger partial charge < -0.3 is 5.73 Å². The van der Waals surface area contributed by atoms with Crippen molar-refractivity contribution in [3.8, 4) is 0 Å². The van der Waals surface area contributed by atoms with Crippen LogP contribution < -0.4 is 5.73 Å². The monoisotopic (exact) mass is 309 g/mol. The van der Waals surface area contributed by atoms with Gasteiger partial charge >= 0.3 is 0 Å². The molecule has 20 heavy (non-hydrogen) atoms. The number of benzene rings is 1. The van der Waals surface area contributed by atoms with E-state index in [1.54, 1.807) is 11.8 Å². The van der Waals surface area contributed by atoms with Crippen molar-refractivity contribution in [2.24, 2.45) is 12.8 Å². The molecule has 1 unspecified atom stereocenters. The average Bonchev–Trinajstić information content (AvgIpc) is 2.73. The number of hydrogen-bond donors (Lipinski definition) is 1. The summed E-state index contributed by atoms with van der Waals surface area (Å²) in [4.78, 5) is 1.24. The first-order valence-corrected chi connectivity index (χ1v) is 8.11. The second-order valence-electron chi connectivity index (χ2n) is 4.77. The van der Waals surface area contributed by atoms with E-state index in [1.165, 1.54) is 4.90 Å². The van der Waals surface area contributed by atoms with Crippen molar-refractivity contribution < 1.29 is 0 Å². The maximum atomic E-state index is 6.35. The number of aryl methyl sites for hydroxylation is 2. The van der Waals surface area contributed by atoms with Gasteiger partial charge in [-0.1, -0.05) is 36.7 Å². The standard InChI is InChI=1S/C15H20ClN3S/c1-3-13-15(16)14(19(2)18-13)9-11(17)10-20-12-7-5-4-6-8-12/h4-8,11H,3,9-10,17H2,1-2H3. The minimum atomic E-state index is 0.0674. The van der Waals surface area contributed by atoms with Crippen LogP contribution in [0.2, 0.25) is 5.02 Å². The molecule has 3 nitrogen and oxygen atoms in total. The molecule has 1 aromatic carbocycles. The van der Waals surface area contributed by atoms with Crippen LogP contribution in [0.4, 0.5) is 0 Å². The van der Waals surface area contributed by atoms with Crippen LogP contribution in [0.3, 0.4) is 0 Å². The van der Waals surface area contributed by atoms with E-state index in [0.717, 1.165) is 35.0 Å². The molecule has 5 heteroatoms. The number of rotatable bonds is 6. The summed E-state index contributed by atoms with van der Waals surface area (Å²) < 4.78 is 1.86. The molecule has 0 saturated heterocycles. The fourth-order valence-electron chi connectivity index (χ4n) is 2.07. The first kappa shape index (κ1) is 15.4. The second kappa shape index (κ2) is 7.16. The molecule has 1 aromatic heterocycles. The molecule has 0 aliphatic heterocycles. The lowest BCUT2D eigenvalue weighted by molar-refractivity contribution is 0.650. The number of thioether (sulfide) groups is 1. The molecule has 0 aliphatic rings. The lowest BCUT2D eigenvalue weighted by atomic mass is 10.2. The average molecular weight is 310 g/mol. The van der Waals surface area contributed by atoms with Gasteiger partial charge in [0.15, 0.2) is 0 Å². The lowest BCUT2D eigenvalue weighted by Gasteiger charge is -2.12. The number of hydrogen-bond acceptors (Lipinski definition) is 3. The van der Waals surface area contributed by atoms with Crippen molar-refractivity contribution in [2.75, 3.05) is 5.75 Å². The highest BCUT2D eigenvalue weighted by Crippen LogP contribution is 2.23. The van der Waals surface area contributed by atoms with Gasteiger partial charge in [0.2, 0.25) is 0 Å². The zero-order chi connectivity index (χ0) is 14.5.